The first-order valence-electron chi connectivity index (χ1n) is 8.78. The predicted octanol–water partition coefficient (Wildman–Crippen LogP) is 6.70. The average molecular weight is 422 g/mol. The number of rotatable bonds is 9. The van der Waals surface area contributed by atoms with Gasteiger partial charge in [0.1, 0.15) is 5.75 Å². The summed E-state index contributed by atoms with van der Waals surface area (Å²) >= 11 is 3.75. The summed E-state index contributed by atoms with van der Waals surface area (Å²) in [6.45, 7) is 17.2. The van der Waals surface area contributed by atoms with E-state index in [1.165, 1.54) is 0 Å². The van der Waals surface area contributed by atoms with Gasteiger partial charge in [-0.1, -0.05) is 41.5 Å². The number of hydrogen-bond donors (Lipinski definition) is 0. The lowest BCUT2D eigenvalue weighted by Crippen LogP contribution is -2.15. The predicted molar refractivity (Wildman–Crippen MR) is 113 cm³/mol. The fraction of sp³-hybridized carbons (Fsp3) is 0.722. The van der Waals surface area contributed by atoms with Crippen LogP contribution in [0.15, 0.2) is 18.3 Å². The molecule has 0 aliphatic carbocycles. The van der Waals surface area contributed by atoms with E-state index >= 15 is 0 Å². The van der Waals surface area contributed by atoms with Crippen molar-refractivity contribution < 1.29 is 18.1 Å². The molecule has 1 aromatic rings. The summed E-state index contributed by atoms with van der Waals surface area (Å²) in [4.78, 5) is 4.55. The van der Waals surface area contributed by atoms with Crippen molar-refractivity contribution >= 4 is 31.3 Å². The molecule has 8 heteroatoms. The lowest BCUT2D eigenvalue weighted by atomic mass is 10.3. The van der Waals surface area contributed by atoms with E-state index in [1.54, 1.807) is 26.1 Å². The third-order valence-electron chi connectivity index (χ3n) is 2.71. The number of pyridine rings is 1. The second kappa shape index (κ2) is 9.83. The minimum Gasteiger partial charge on any atom is -0.402 e. The third-order valence-corrected chi connectivity index (χ3v) is 7.20. The van der Waals surface area contributed by atoms with E-state index in [0.717, 1.165) is 5.69 Å². The van der Waals surface area contributed by atoms with Gasteiger partial charge in [0, 0.05) is 9.49 Å². The average Bonchev–Trinajstić information content (AvgIpc) is 2.44. The van der Waals surface area contributed by atoms with Gasteiger partial charge >= 0.3 is 7.82 Å². The molecule has 0 aromatic carbocycles. The van der Waals surface area contributed by atoms with Crippen molar-refractivity contribution in [3.05, 3.63) is 24.0 Å². The quantitative estimate of drug-likeness (QED) is 0.325. The fourth-order valence-electron chi connectivity index (χ4n) is 1.91. The Morgan fingerprint density at radius 2 is 1.50 bits per heavy atom. The summed E-state index contributed by atoms with van der Waals surface area (Å²) in [5, 5.41) is 0. The van der Waals surface area contributed by atoms with Crippen LogP contribution in [0.1, 0.15) is 65.7 Å². The van der Waals surface area contributed by atoms with Gasteiger partial charge in [-0.15, -0.1) is 23.5 Å². The van der Waals surface area contributed by atoms with Crippen LogP contribution in [0.4, 0.5) is 0 Å². The molecule has 0 fully saturated rings. The van der Waals surface area contributed by atoms with E-state index in [9.17, 15) is 4.57 Å². The molecule has 0 aliphatic heterocycles. The number of phosphoric acid groups is 1. The van der Waals surface area contributed by atoms with Gasteiger partial charge in [-0.05, 0) is 26.0 Å². The topological polar surface area (TPSA) is 57.7 Å². The van der Waals surface area contributed by atoms with Crippen molar-refractivity contribution in [2.45, 2.75) is 69.5 Å². The van der Waals surface area contributed by atoms with Gasteiger partial charge in [0.15, 0.2) is 0 Å². The number of thioether (sulfide) groups is 2. The first-order valence-corrected chi connectivity index (χ1v) is 12.0. The van der Waals surface area contributed by atoms with E-state index in [0.29, 0.717) is 5.75 Å². The van der Waals surface area contributed by atoms with E-state index in [4.69, 9.17) is 13.6 Å². The monoisotopic (exact) mass is 421 g/mol. The highest BCUT2D eigenvalue weighted by Crippen LogP contribution is 2.51. The van der Waals surface area contributed by atoms with E-state index < -0.39 is 7.82 Å². The van der Waals surface area contributed by atoms with Gasteiger partial charge in [0.25, 0.3) is 0 Å². The molecule has 1 rings (SSSR count). The van der Waals surface area contributed by atoms with Gasteiger partial charge in [-0.3, -0.25) is 14.0 Å². The highest BCUT2D eigenvalue weighted by molar-refractivity contribution is 8.17. The summed E-state index contributed by atoms with van der Waals surface area (Å²) in [6, 6.07) is 3.69. The van der Waals surface area contributed by atoms with Crippen molar-refractivity contribution in [2.75, 3.05) is 13.2 Å². The molecule has 5 nitrogen and oxygen atoms in total. The SMILES string of the molecule is CCOP(=O)(OCC)Oc1ccc(C(SC(C)(C)C)SC(C)(C)C)nc1. The number of aromatic nitrogens is 1. The van der Waals surface area contributed by atoms with Crippen LogP contribution in [-0.4, -0.2) is 27.7 Å². The Labute approximate surface area is 167 Å². The Morgan fingerprint density at radius 1 is 1.00 bits per heavy atom. The molecule has 0 bridgehead atoms. The molecule has 26 heavy (non-hydrogen) atoms. The maximum atomic E-state index is 12.5. The first-order chi connectivity index (χ1) is 11.9. The fourth-order valence-corrected chi connectivity index (χ4v) is 6.82. The summed E-state index contributed by atoms with van der Waals surface area (Å²) in [6.07, 6.45) is 1.58. The Kier molecular flexibility index (Phi) is 9.01. The lowest BCUT2D eigenvalue weighted by Gasteiger charge is -2.30. The lowest BCUT2D eigenvalue weighted by molar-refractivity contribution is 0.167. The van der Waals surface area contributed by atoms with Crippen LogP contribution in [0, 0.1) is 0 Å². The molecule has 1 heterocycles. The number of nitrogens with zero attached hydrogens (tertiary/aromatic N) is 1. The molecular formula is C18H32NO4PS2. The van der Waals surface area contributed by atoms with Crippen molar-refractivity contribution in [1.29, 1.82) is 0 Å². The minimum atomic E-state index is -3.60. The summed E-state index contributed by atoms with van der Waals surface area (Å²) in [7, 11) is -3.60. The molecule has 0 spiro atoms. The van der Waals surface area contributed by atoms with Crippen LogP contribution in [-0.2, 0) is 13.6 Å². The third kappa shape index (κ3) is 9.14. The van der Waals surface area contributed by atoms with Gasteiger partial charge < -0.3 is 4.52 Å². The second-order valence-corrected chi connectivity index (χ2v) is 13.3. The Balaban J connectivity index is 2.98. The minimum absolute atomic E-state index is 0.111. The normalized spacial score (nSPS) is 13.3. The molecular weight excluding hydrogens is 389 g/mol. The van der Waals surface area contributed by atoms with Gasteiger partial charge in [-0.2, -0.15) is 0 Å². The Bertz CT molecular complexity index is 571. The first kappa shape index (κ1) is 23.8. The maximum absolute atomic E-state index is 12.5. The van der Waals surface area contributed by atoms with Crippen molar-refractivity contribution in [2.24, 2.45) is 0 Å². The zero-order chi connectivity index (χ0) is 20.0. The molecule has 0 atom stereocenters. The largest absolute Gasteiger partial charge is 0.530 e. The molecule has 0 N–H and O–H groups in total. The van der Waals surface area contributed by atoms with E-state index in [-0.39, 0.29) is 27.3 Å². The van der Waals surface area contributed by atoms with Crippen molar-refractivity contribution in [3.63, 3.8) is 0 Å². The highest BCUT2D eigenvalue weighted by Gasteiger charge is 2.29. The van der Waals surface area contributed by atoms with Crippen LogP contribution in [0.2, 0.25) is 0 Å². The van der Waals surface area contributed by atoms with Crippen molar-refractivity contribution in [1.82, 2.24) is 4.98 Å². The van der Waals surface area contributed by atoms with Gasteiger partial charge in [-0.25, -0.2) is 4.57 Å². The summed E-state index contributed by atoms with van der Waals surface area (Å²) in [5.74, 6) is 0.374. The van der Waals surface area contributed by atoms with Crippen LogP contribution >= 0.6 is 31.3 Å². The van der Waals surface area contributed by atoms with Crippen LogP contribution < -0.4 is 4.52 Å². The van der Waals surface area contributed by atoms with E-state index in [2.05, 4.69) is 46.5 Å². The molecule has 0 amide bonds. The molecule has 0 unspecified atom stereocenters. The zero-order valence-electron chi connectivity index (χ0n) is 17.1. The molecule has 150 valence electrons. The molecule has 1 aromatic heterocycles. The van der Waals surface area contributed by atoms with Crippen LogP contribution in [0.5, 0.6) is 5.75 Å². The van der Waals surface area contributed by atoms with Crippen LogP contribution in [0.3, 0.4) is 0 Å². The molecule has 0 saturated carbocycles. The van der Waals surface area contributed by atoms with Crippen LogP contribution in [0.25, 0.3) is 0 Å². The standard InChI is InChI=1S/C18H32NO4PS2/c1-9-21-24(20,22-10-2)23-14-11-12-15(19-13-14)16(25-17(3,4)5)26-18(6,7)8/h11-13,16H,9-10H2,1-8H3. The maximum Gasteiger partial charge on any atom is 0.530 e. The van der Waals surface area contributed by atoms with E-state index in [1.807, 2.05) is 29.6 Å². The number of hydrogen-bond acceptors (Lipinski definition) is 7. The second-order valence-electron chi connectivity index (χ2n) is 7.59. The highest BCUT2D eigenvalue weighted by atomic mass is 32.2. The molecule has 0 saturated heterocycles. The summed E-state index contributed by atoms with van der Waals surface area (Å²) < 4.78 is 28.7. The molecule has 0 aliphatic rings. The Hall–Kier alpha value is -0.200. The Morgan fingerprint density at radius 3 is 1.85 bits per heavy atom. The van der Waals surface area contributed by atoms with Gasteiger partial charge in [0.2, 0.25) is 0 Å². The smallest absolute Gasteiger partial charge is 0.402 e. The summed E-state index contributed by atoms with van der Waals surface area (Å²) in [5.41, 5.74) is 0.958. The zero-order valence-corrected chi connectivity index (χ0v) is 19.6. The van der Waals surface area contributed by atoms with Crippen molar-refractivity contribution in [3.8, 4) is 5.75 Å². The number of phosphoric ester groups is 1. The van der Waals surface area contributed by atoms with Gasteiger partial charge in [0.05, 0.1) is 29.7 Å². The molecule has 0 radical (unpaired) electrons.